The molecule has 6 rings (SSSR count). The van der Waals surface area contributed by atoms with Crippen molar-refractivity contribution < 1.29 is 34.5 Å². The van der Waals surface area contributed by atoms with Crippen LogP contribution in [-0.4, -0.2) is 74.7 Å². The first-order valence-electron chi connectivity index (χ1n) is 16.5. The summed E-state index contributed by atoms with van der Waals surface area (Å²) in [5.74, 6) is -1.41. The summed E-state index contributed by atoms with van der Waals surface area (Å²) < 4.78 is 0. The highest BCUT2D eigenvalue weighted by Gasteiger charge is 2.64. The van der Waals surface area contributed by atoms with E-state index in [1.807, 2.05) is 31.2 Å². The number of aliphatic carboxylic acids is 1. The lowest BCUT2D eigenvalue weighted by atomic mass is 9.45. The molecule has 2 amide bonds. The smallest absolute Gasteiger partial charge is 0.326 e. The summed E-state index contributed by atoms with van der Waals surface area (Å²) in [6, 6.07) is 6.37. The number of allylic oxidation sites excluding steroid dienone is 2. The maximum atomic E-state index is 12.5. The van der Waals surface area contributed by atoms with Crippen molar-refractivity contribution in [1.82, 2.24) is 15.6 Å². The molecule has 11 heteroatoms. The molecule has 11 nitrogen and oxygen atoms in total. The van der Waals surface area contributed by atoms with Crippen LogP contribution in [0.25, 0.3) is 10.9 Å². The average Bonchev–Trinajstić information content (AvgIpc) is 3.52. The van der Waals surface area contributed by atoms with Gasteiger partial charge >= 0.3 is 5.97 Å². The fourth-order valence-electron chi connectivity index (χ4n) is 9.36. The molecular formula is C35H46N4O7. The molecule has 2 aromatic rings. The van der Waals surface area contributed by atoms with Gasteiger partial charge in [-0.3, -0.25) is 9.59 Å². The number of benzene rings is 1. The van der Waals surface area contributed by atoms with Crippen LogP contribution in [-0.2, 0) is 25.6 Å². The Hall–Kier alpha value is -3.70. The van der Waals surface area contributed by atoms with E-state index in [0.717, 1.165) is 54.3 Å². The van der Waals surface area contributed by atoms with E-state index >= 15 is 0 Å². The number of para-hydroxylation sites is 1. The van der Waals surface area contributed by atoms with E-state index in [1.165, 1.54) is 5.57 Å². The normalized spacial score (nSPS) is 35.0. The van der Waals surface area contributed by atoms with E-state index < -0.39 is 35.5 Å². The summed E-state index contributed by atoms with van der Waals surface area (Å²) in [7, 11) is 0. The Labute approximate surface area is 268 Å². The Balaban J connectivity index is 0.998. The molecule has 1 aromatic heterocycles. The van der Waals surface area contributed by atoms with Crippen LogP contribution in [0.3, 0.4) is 0 Å². The second kappa shape index (κ2) is 12.2. The fourth-order valence-corrected chi connectivity index (χ4v) is 9.36. The van der Waals surface area contributed by atoms with E-state index in [-0.39, 0.29) is 36.3 Å². The number of oxime groups is 1. The zero-order valence-electron chi connectivity index (χ0n) is 26.8. The largest absolute Gasteiger partial charge is 0.480 e. The highest BCUT2D eigenvalue weighted by molar-refractivity contribution is 5.96. The molecule has 4 aliphatic rings. The summed E-state index contributed by atoms with van der Waals surface area (Å²) >= 11 is 0. The van der Waals surface area contributed by atoms with Gasteiger partial charge in [0.1, 0.15) is 6.04 Å². The van der Waals surface area contributed by atoms with Gasteiger partial charge in [-0.05, 0) is 92.7 Å². The van der Waals surface area contributed by atoms with Gasteiger partial charge < -0.3 is 35.8 Å². The first-order valence-corrected chi connectivity index (χ1v) is 16.5. The van der Waals surface area contributed by atoms with Crippen molar-refractivity contribution >= 4 is 34.4 Å². The number of aliphatic hydroxyl groups is 2. The van der Waals surface area contributed by atoms with E-state index in [2.05, 4.69) is 40.7 Å². The number of H-pyrrole nitrogens is 1. The van der Waals surface area contributed by atoms with Crippen LogP contribution < -0.4 is 10.6 Å². The molecule has 248 valence electrons. The van der Waals surface area contributed by atoms with Crippen molar-refractivity contribution in [2.24, 2.45) is 33.7 Å². The molecule has 8 atom stereocenters. The number of carboxylic acid groups (broad SMARTS) is 1. The molecular weight excluding hydrogens is 588 g/mol. The number of carboxylic acids is 1. The number of hydrogen-bond donors (Lipinski definition) is 6. The molecule has 4 aliphatic carbocycles. The Morgan fingerprint density at radius 3 is 2.67 bits per heavy atom. The number of amides is 2. The highest BCUT2D eigenvalue weighted by Crippen LogP contribution is 2.67. The summed E-state index contributed by atoms with van der Waals surface area (Å²) in [4.78, 5) is 45.1. The number of fused-ring (bicyclic) bond motifs is 6. The standard InChI is InChI=1S/C35H46N4O7/c1-33-12-10-22(15-21(33)8-9-24-25-11-13-35(3,45)34(25,2)16-28(40)31(24)33)39-46-19-30(42)37-18-29(41)38-27(32(43)44)14-20-17-36-26-7-5-4-6-23(20)26/h4-7,15,17,24-25,27-28,31,36,40,45H,8-14,16,18-19H2,1-3H3,(H,37,42)(H,38,41)(H,43,44)/b39-22-/t24-,25+,27+,28+,31-,33-,34-,35-/m0/s1. The second-order valence-corrected chi connectivity index (χ2v) is 14.6. The van der Waals surface area contributed by atoms with Crippen LogP contribution >= 0.6 is 0 Å². The lowest BCUT2D eigenvalue weighted by molar-refractivity contribution is -0.164. The molecule has 0 radical (unpaired) electrons. The van der Waals surface area contributed by atoms with Gasteiger partial charge in [0.2, 0.25) is 5.91 Å². The van der Waals surface area contributed by atoms with Crippen molar-refractivity contribution in [3.8, 4) is 0 Å². The third kappa shape index (κ3) is 5.72. The lowest BCUT2D eigenvalue weighted by Crippen LogP contribution is -2.59. The van der Waals surface area contributed by atoms with Crippen LogP contribution in [0.1, 0.15) is 71.3 Å². The highest BCUT2D eigenvalue weighted by atomic mass is 16.6. The number of rotatable bonds is 9. The van der Waals surface area contributed by atoms with Gasteiger partial charge in [-0.1, -0.05) is 42.8 Å². The summed E-state index contributed by atoms with van der Waals surface area (Å²) in [5.41, 5.74) is 2.49. The number of nitrogens with one attached hydrogen (secondary N) is 3. The third-order valence-electron chi connectivity index (χ3n) is 12.0. The average molecular weight is 635 g/mol. The molecule has 3 saturated carbocycles. The Morgan fingerprint density at radius 1 is 1.11 bits per heavy atom. The van der Waals surface area contributed by atoms with E-state index in [9.17, 15) is 29.7 Å². The minimum absolute atomic E-state index is 0.0939. The van der Waals surface area contributed by atoms with Crippen molar-refractivity contribution in [3.63, 3.8) is 0 Å². The third-order valence-corrected chi connectivity index (χ3v) is 12.0. The molecule has 3 fully saturated rings. The van der Waals surface area contributed by atoms with Crippen molar-refractivity contribution in [2.75, 3.05) is 13.2 Å². The molecule has 0 unspecified atom stereocenters. The predicted molar refractivity (Wildman–Crippen MR) is 172 cm³/mol. The number of carbonyl (C=O) groups excluding carboxylic acids is 2. The minimum Gasteiger partial charge on any atom is -0.480 e. The van der Waals surface area contributed by atoms with Crippen LogP contribution in [0.5, 0.6) is 0 Å². The lowest BCUT2D eigenvalue weighted by Gasteiger charge is -2.60. The van der Waals surface area contributed by atoms with Gasteiger partial charge in [0, 0.05) is 28.9 Å². The molecule has 1 aromatic carbocycles. The van der Waals surface area contributed by atoms with Gasteiger partial charge in [-0.25, -0.2) is 4.79 Å². The van der Waals surface area contributed by atoms with Crippen molar-refractivity contribution in [2.45, 2.75) is 89.9 Å². The summed E-state index contributed by atoms with van der Waals surface area (Å²) in [6.45, 7) is 5.61. The predicted octanol–water partition coefficient (Wildman–Crippen LogP) is 3.45. The number of aromatic nitrogens is 1. The first kappa shape index (κ1) is 32.2. The van der Waals surface area contributed by atoms with Crippen molar-refractivity contribution in [1.29, 1.82) is 0 Å². The molecule has 0 aliphatic heterocycles. The number of nitrogens with zero attached hydrogens (tertiary/aromatic N) is 1. The quantitative estimate of drug-likeness (QED) is 0.229. The number of carbonyl (C=O) groups is 3. The fraction of sp³-hybridized carbons (Fsp3) is 0.600. The molecule has 0 spiro atoms. The molecule has 6 N–H and O–H groups in total. The molecule has 0 saturated heterocycles. The van der Waals surface area contributed by atoms with Gasteiger partial charge in [0.05, 0.1) is 24.0 Å². The van der Waals surface area contributed by atoms with E-state index in [4.69, 9.17) is 4.84 Å². The first-order chi connectivity index (χ1) is 21.8. The Morgan fingerprint density at radius 2 is 1.89 bits per heavy atom. The van der Waals surface area contributed by atoms with Gasteiger partial charge in [0.15, 0.2) is 6.61 Å². The Bertz CT molecular complexity index is 1580. The maximum Gasteiger partial charge on any atom is 0.326 e. The van der Waals surface area contributed by atoms with Gasteiger partial charge in [-0.2, -0.15) is 0 Å². The number of aromatic amines is 1. The van der Waals surface area contributed by atoms with E-state index in [0.29, 0.717) is 24.7 Å². The zero-order valence-corrected chi connectivity index (χ0v) is 26.8. The molecule has 1 heterocycles. The SMILES string of the molecule is C[C@]12CC/C(=N/OCC(=O)NCC(=O)N[C@H](Cc3c[nH]c4ccccc34)C(=O)O)C=C1CC[C@@H]1[C@H]2[C@H](O)C[C@@]2(C)[C@@H]1CC[C@]2(C)O. The van der Waals surface area contributed by atoms with Gasteiger partial charge in [-0.15, -0.1) is 0 Å². The van der Waals surface area contributed by atoms with Crippen LogP contribution in [0, 0.1) is 28.6 Å². The number of aliphatic hydroxyl groups excluding tert-OH is 1. The zero-order chi connectivity index (χ0) is 32.9. The molecule has 46 heavy (non-hydrogen) atoms. The monoisotopic (exact) mass is 634 g/mol. The van der Waals surface area contributed by atoms with Crippen LogP contribution in [0.2, 0.25) is 0 Å². The minimum atomic E-state index is -1.17. The maximum absolute atomic E-state index is 12.5. The van der Waals surface area contributed by atoms with Crippen LogP contribution in [0.15, 0.2) is 47.3 Å². The van der Waals surface area contributed by atoms with Gasteiger partial charge in [0.25, 0.3) is 5.91 Å². The van der Waals surface area contributed by atoms with E-state index in [1.54, 1.807) is 6.20 Å². The molecule has 0 bridgehead atoms. The Kier molecular flexibility index (Phi) is 8.52. The summed E-state index contributed by atoms with van der Waals surface area (Å²) in [5, 5.41) is 42.4. The van der Waals surface area contributed by atoms with Crippen molar-refractivity contribution in [3.05, 3.63) is 47.7 Å². The number of hydrogen-bond acceptors (Lipinski definition) is 7. The second-order valence-electron chi connectivity index (χ2n) is 14.6. The topological polar surface area (TPSA) is 173 Å². The van der Waals surface area contributed by atoms with Crippen LogP contribution in [0.4, 0.5) is 0 Å². The summed E-state index contributed by atoms with van der Waals surface area (Å²) in [6.07, 6.45) is 9.19.